The van der Waals surface area contributed by atoms with Crippen molar-refractivity contribution in [3.05, 3.63) is 64.3 Å². The number of allylic oxidation sites excluding steroid dienone is 4. The Morgan fingerprint density at radius 1 is 0.971 bits per heavy atom. The van der Waals surface area contributed by atoms with Gasteiger partial charge in [-0.05, 0) is 72.6 Å². The van der Waals surface area contributed by atoms with E-state index in [2.05, 4.69) is 12.2 Å². The van der Waals surface area contributed by atoms with Crippen molar-refractivity contribution < 1.29 is 24.5 Å². The highest BCUT2D eigenvalue weighted by molar-refractivity contribution is 5.89. The highest BCUT2D eigenvalue weighted by Crippen LogP contribution is 2.47. The monoisotopic (exact) mass is 462 g/mol. The van der Waals surface area contributed by atoms with Gasteiger partial charge in [-0.1, -0.05) is 23.3 Å². The Balaban J connectivity index is 1.94. The first kappa shape index (κ1) is 24.0. The smallest absolute Gasteiger partial charge is 0.142 e. The third kappa shape index (κ3) is 4.58. The molecule has 0 bridgehead atoms. The fourth-order valence-corrected chi connectivity index (χ4v) is 4.40. The van der Waals surface area contributed by atoms with Crippen LogP contribution in [0.5, 0.6) is 17.2 Å². The number of benzene rings is 2. The molecule has 0 saturated heterocycles. The molecule has 0 fully saturated rings. The molecule has 3 N–H and O–H groups in total. The molecule has 5 heteroatoms. The fraction of sp³-hybridized carbons (Fsp3) is 0.379. The van der Waals surface area contributed by atoms with Crippen molar-refractivity contribution in [1.29, 1.82) is 0 Å². The molecule has 1 aliphatic rings. The minimum atomic E-state index is -1.04. The summed E-state index contributed by atoms with van der Waals surface area (Å²) in [5.74, 6) is 1.51. The van der Waals surface area contributed by atoms with Crippen LogP contribution >= 0.6 is 0 Å². The number of hydrogen-bond donors (Lipinski definition) is 3. The summed E-state index contributed by atoms with van der Waals surface area (Å²) in [5.41, 5.74) is 5.11. The lowest BCUT2D eigenvalue weighted by molar-refractivity contribution is -0.0230. The molecule has 0 amide bonds. The molecule has 1 atom stereocenters. The van der Waals surface area contributed by atoms with Crippen LogP contribution in [0.1, 0.15) is 58.2 Å². The van der Waals surface area contributed by atoms with Gasteiger partial charge in [0.15, 0.2) is 0 Å². The predicted molar refractivity (Wildman–Crippen MR) is 136 cm³/mol. The lowest BCUT2D eigenvalue weighted by atomic mass is 9.90. The van der Waals surface area contributed by atoms with Crippen LogP contribution in [0.2, 0.25) is 0 Å². The Labute approximate surface area is 201 Å². The zero-order valence-corrected chi connectivity index (χ0v) is 20.8. The van der Waals surface area contributed by atoms with Crippen LogP contribution in [0.25, 0.3) is 22.3 Å². The van der Waals surface area contributed by atoms with Gasteiger partial charge in [0.2, 0.25) is 0 Å². The third-order valence-corrected chi connectivity index (χ3v) is 6.36. The largest absolute Gasteiger partial charge is 0.508 e. The Morgan fingerprint density at radius 3 is 2.24 bits per heavy atom. The maximum Gasteiger partial charge on any atom is 0.142 e. The number of fused-ring (bicyclic) bond motifs is 2. The third-order valence-electron chi connectivity index (χ3n) is 6.36. The zero-order chi connectivity index (χ0) is 24.8. The van der Waals surface area contributed by atoms with Crippen molar-refractivity contribution in [2.24, 2.45) is 0 Å². The van der Waals surface area contributed by atoms with Gasteiger partial charge >= 0.3 is 0 Å². The van der Waals surface area contributed by atoms with Crippen LogP contribution in [-0.2, 0) is 19.3 Å². The van der Waals surface area contributed by atoms with Crippen molar-refractivity contribution in [2.75, 3.05) is 0 Å². The molecular formula is C29H34O5. The van der Waals surface area contributed by atoms with Crippen LogP contribution in [0.15, 0.2) is 52.0 Å². The number of ether oxygens (including phenoxy) is 1. The molecule has 0 unspecified atom stereocenters. The number of phenols is 2. The molecule has 1 aliphatic heterocycles. The summed E-state index contributed by atoms with van der Waals surface area (Å²) in [6.07, 6.45) is 5.31. The second kappa shape index (κ2) is 8.88. The number of phenolic OH excluding ortho intramolecular Hbond substituents is 2. The van der Waals surface area contributed by atoms with Crippen LogP contribution in [0.3, 0.4) is 0 Å². The van der Waals surface area contributed by atoms with Crippen molar-refractivity contribution in [3.8, 4) is 28.6 Å². The maximum absolute atomic E-state index is 11.0. The van der Waals surface area contributed by atoms with E-state index < -0.39 is 11.7 Å². The predicted octanol–water partition coefficient (Wildman–Crippen LogP) is 6.60. The first-order valence-corrected chi connectivity index (χ1v) is 11.7. The van der Waals surface area contributed by atoms with E-state index >= 15 is 0 Å². The Hall–Kier alpha value is -3.18. The summed E-state index contributed by atoms with van der Waals surface area (Å²) >= 11 is 0. The molecule has 2 heterocycles. The molecule has 2 aromatic carbocycles. The zero-order valence-electron chi connectivity index (χ0n) is 20.8. The summed E-state index contributed by atoms with van der Waals surface area (Å²) in [4.78, 5) is 0. The van der Waals surface area contributed by atoms with Gasteiger partial charge in [0.25, 0.3) is 0 Å². The number of aliphatic hydroxyl groups is 1. The summed E-state index contributed by atoms with van der Waals surface area (Å²) in [5, 5.41) is 33.0. The molecular weight excluding hydrogens is 428 g/mol. The van der Waals surface area contributed by atoms with Gasteiger partial charge in [-0.3, -0.25) is 0 Å². The minimum absolute atomic E-state index is 0.135. The van der Waals surface area contributed by atoms with Crippen LogP contribution in [-0.4, -0.2) is 27.0 Å². The first-order chi connectivity index (χ1) is 16.0. The van der Waals surface area contributed by atoms with E-state index in [1.54, 1.807) is 26.0 Å². The molecule has 1 aromatic heterocycles. The summed E-state index contributed by atoms with van der Waals surface area (Å²) in [6, 6.07) is 7.14. The van der Waals surface area contributed by atoms with E-state index in [1.165, 1.54) is 0 Å². The molecule has 180 valence electrons. The highest BCUT2D eigenvalue weighted by Gasteiger charge is 2.38. The second-order valence-corrected chi connectivity index (χ2v) is 10.3. The number of furan rings is 1. The molecule has 5 nitrogen and oxygen atoms in total. The average Bonchev–Trinajstić information content (AvgIpc) is 3.34. The molecule has 0 spiro atoms. The first-order valence-electron chi connectivity index (χ1n) is 11.7. The van der Waals surface area contributed by atoms with Crippen molar-refractivity contribution in [1.82, 2.24) is 0 Å². The lowest BCUT2D eigenvalue weighted by Gasteiger charge is -2.24. The Kier molecular flexibility index (Phi) is 6.26. The van der Waals surface area contributed by atoms with E-state index in [4.69, 9.17) is 9.15 Å². The van der Waals surface area contributed by atoms with Gasteiger partial charge in [0.05, 0.1) is 5.60 Å². The lowest BCUT2D eigenvalue weighted by Crippen LogP contribution is -2.39. The minimum Gasteiger partial charge on any atom is -0.508 e. The summed E-state index contributed by atoms with van der Waals surface area (Å²) < 4.78 is 12.5. The molecule has 4 rings (SSSR count). The summed E-state index contributed by atoms with van der Waals surface area (Å²) in [6.45, 7) is 11.6. The van der Waals surface area contributed by atoms with Gasteiger partial charge in [0, 0.05) is 40.1 Å². The van der Waals surface area contributed by atoms with E-state index in [-0.39, 0.29) is 11.5 Å². The molecule has 0 saturated carbocycles. The van der Waals surface area contributed by atoms with E-state index in [0.29, 0.717) is 36.4 Å². The van der Waals surface area contributed by atoms with E-state index in [9.17, 15) is 15.3 Å². The highest BCUT2D eigenvalue weighted by atomic mass is 16.5. The van der Waals surface area contributed by atoms with Gasteiger partial charge < -0.3 is 24.5 Å². The van der Waals surface area contributed by atoms with Gasteiger partial charge in [-0.2, -0.15) is 0 Å². The topological polar surface area (TPSA) is 83.1 Å². The average molecular weight is 463 g/mol. The Morgan fingerprint density at radius 2 is 1.62 bits per heavy atom. The second-order valence-electron chi connectivity index (χ2n) is 10.3. The maximum atomic E-state index is 11.0. The van der Waals surface area contributed by atoms with Crippen molar-refractivity contribution in [2.45, 2.75) is 72.5 Å². The van der Waals surface area contributed by atoms with Crippen molar-refractivity contribution in [3.63, 3.8) is 0 Å². The standard InChI is InChI=1S/C29H34O5/c1-16(2)7-10-19-23(31)15-24-21(14-26(33-24)29(5,6)32)27(19)25-13-18-9-12-22(30)20(28(18)34-25)11-8-17(3)4/h7-9,12-13,15,26,30-32H,10-11,14H2,1-6H3/t26-/m1/s1. The molecule has 34 heavy (non-hydrogen) atoms. The van der Waals surface area contributed by atoms with Gasteiger partial charge in [-0.15, -0.1) is 0 Å². The van der Waals surface area contributed by atoms with E-state index in [1.807, 2.05) is 39.8 Å². The fourth-order valence-electron chi connectivity index (χ4n) is 4.40. The Bertz CT molecular complexity index is 1290. The van der Waals surface area contributed by atoms with Gasteiger partial charge in [0.1, 0.15) is 34.7 Å². The molecule has 0 radical (unpaired) electrons. The van der Waals surface area contributed by atoms with Gasteiger partial charge in [-0.25, -0.2) is 0 Å². The SMILES string of the molecule is CC(C)=CCc1c(O)cc2c(c1-c1cc3ccc(O)c(CC=C(C)C)c3o1)C[C@H](C(C)(C)O)O2. The van der Waals surface area contributed by atoms with Crippen molar-refractivity contribution >= 4 is 11.0 Å². The van der Waals surface area contributed by atoms with Crippen LogP contribution in [0.4, 0.5) is 0 Å². The van der Waals surface area contributed by atoms with Crippen LogP contribution < -0.4 is 4.74 Å². The number of hydrogen-bond acceptors (Lipinski definition) is 5. The number of rotatable bonds is 6. The normalized spacial score (nSPS) is 15.2. The van der Waals surface area contributed by atoms with Crippen LogP contribution in [0, 0.1) is 0 Å². The molecule has 0 aliphatic carbocycles. The van der Waals surface area contributed by atoms with E-state index in [0.717, 1.165) is 38.8 Å². The quantitative estimate of drug-likeness (QED) is 0.359. The molecule has 3 aromatic rings. The number of aromatic hydroxyl groups is 2. The summed E-state index contributed by atoms with van der Waals surface area (Å²) in [7, 11) is 0.